The molecule has 1 saturated heterocycles. The molecular weight excluding hydrogens is 268 g/mol. The van der Waals surface area contributed by atoms with E-state index < -0.39 is 0 Å². The van der Waals surface area contributed by atoms with Crippen LogP contribution in [0.4, 0.5) is 0 Å². The zero-order valence-electron chi connectivity index (χ0n) is 12.9. The molecule has 6 nitrogen and oxygen atoms in total. The number of amides is 2. The van der Waals surface area contributed by atoms with Gasteiger partial charge in [0.05, 0.1) is 6.54 Å². The van der Waals surface area contributed by atoms with E-state index >= 15 is 0 Å². The lowest BCUT2D eigenvalue weighted by Crippen LogP contribution is -2.53. The molecule has 0 radical (unpaired) electrons. The SMILES string of the molecule is NCCC(=O)NC(=O)CN1CCN(C2CCCCC2)CC1. The van der Waals surface area contributed by atoms with Gasteiger partial charge in [-0.25, -0.2) is 0 Å². The third-order valence-corrected chi connectivity index (χ3v) is 4.52. The van der Waals surface area contributed by atoms with Crippen LogP contribution in [0.15, 0.2) is 0 Å². The monoisotopic (exact) mass is 296 g/mol. The fourth-order valence-corrected chi connectivity index (χ4v) is 3.32. The number of nitrogens with zero attached hydrogens (tertiary/aromatic N) is 2. The van der Waals surface area contributed by atoms with Gasteiger partial charge in [0.15, 0.2) is 0 Å². The number of hydrogen-bond acceptors (Lipinski definition) is 5. The summed E-state index contributed by atoms with van der Waals surface area (Å²) in [6, 6.07) is 0.751. The molecule has 21 heavy (non-hydrogen) atoms. The number of nitrogens with two attached hydrogens (primary N) is 1. The van der Waals surface area contributed by atoms with Crippen LogP contribution in [0.5, 0.6) is 0 Å². The van der Waals surface area contributed by atoms with E-state index in [0.29, 0.717) is 6.54 Å². The molecule has 0 bridgehead atoms. The number of piperazine rings is 1. The van der Waals surface area contributed by atoms with Crippen LogP contribution >= 0.6 is 0 Å². The maximum absolute atomic E-state index is 11.8. The van der Waals surface area contributed by atoms with Crippen LogP contribution in [0.3, 0.4) is 0 Å². The lowest BCUT2D eigenvalue weighted by Gasteiger charge is -2.40. The van der Waals surface area contributed by atoms with Gasteiger partial charge in [-0.15, -0.1) is 0 Å². The molecule has 1 saturated carbocycles. The summed E-state index contributed by atoms with van der Waals surface area (Å²) in [6.07, 6.45) is 6.96. The summed E-state index contributed by atoms with van der Waals surface area (Å²) >= 11 is 0. The number of imide groups is 1. The first-order valence-corrected chi connectivity index (χ1v) is 8.18. The Hall–Kier alpha value is -0.980. The van der Waals surface area contributed by atoms with E-state index in [1.807, 2.05) is 0 Å². The summed E-state index contributed by atoms with van der Waals surface area (Å²) in [5.74, 6) is -0.483. The van der Waals surface area contributed by atoms with Gasteiger partial charge >= 0.3 is 0 Å². The maximum atomic E-state index is 11.8. The molecule has 0 aromatic rings. The van der Waals surface area contributed by atoms with Gasteiger partial charge in [0.1, 0.15) is 0 Å². The molecule has 2 fully saturated rings. The quantitative estimate of drug-likeness (QED) is 0.742. The third kappa shape index (κ3) is 5.37. The van der Waals surface area contributed by atoms with Crippen molar-refractivity contribution in [2.45, 2.75) is 44.6 Å². The summed E-state index contributed by atoms with van der Waals surface area (Å²) in [5.41, 5.74) is 5.29. The summed E-state index contributed by atoms with van der Waals surface area (Å²) in [6.45, 7) is 4.49. The zero-order chi connectivity index (χ0) is 15.1. The zero-order valence-corrected chi connectivity index (χ0v) is 12.9. The Morgan fingerprint density at radius 1 is 1.00 bits per heavy atom. The number of rotatable bonds is 5. The van der Waals surface area contributed by atoms with E-state index in [1.54, 1.807) is 0 Å². The van der Waals surface area contributed by atoms with Crippen molar-refractivity contribution in [2.75, 3.05) is 39.3 Å². The summed E-state index contributed by atoms with van der Waals surface area (Å²) in [5, 5.41) is 2.39. The molecule has 6 heteroatoms. The van der Waals surface area contributed by atoms with Crippen LogP contribution in [-0.4, -0.2) is 66.9 Å². The second-order valence-corrected chi connectivity index (χ2v) is 6.11. The molecule has 1 heterocycles. The standard InChI is InChI=1S/C15H28N4O2/c16-7-6-14(20)17-15(21)12-18-8-10-19(11-9-18)13-4-2-1-3-5-13/h13H,1-12,16H2,(H,17,20,21). The van der Waals surface area contributed by atoms with Crippen molar-refractivity contribution in [1.29, 1.82) is 0 Å². The summed E-state index contributed by atoms with van der Waals surface area (Å²) in [7, 11) is 0. The van der Waals surface area contributed by atoms with Gasteiger partial charge in [0, 0.05) is 45.2 Å². The highest BCUT2D eigenvalue weighted by Crippen LogP contribution is 2.23. The molecule has 0 spiro atoms. The fourth-order valence-electron chi connectivity index (χ4n) is 3.32. The topological polar surface area (TPSA) is 78.7 Å². The molecule has 120 valence electrons. The fraction of sp³-hybridized carbons (Fsp3) is 0.867. The molecule has 2 aliphatic rings. The minimum Gasteiger partial charge on any atom is -0.330 e. The van der Waals surface area contributed by atoms with Gasteiger partial charge in [-0.2, -0.15) is 0 Å². The number of nitrogens with one attached hydrogen (secondary N) is 1. The molecule has 2 amide bonds. The van der Waals surface area contributed by atoms with E-state index in [2.05, 4.69) is 15.1 Å². The average Bonchev–Trinajstić information content (AvgIpc) is 2.49. The largest absolute Gasteiger partial charge is 0.330 e. The van der Waals surface area contributed by atoms with Gasteiger partial charge in [-0.05, 0) is 12.8 Å². The highest BCUT2D eigenvalue weighted by molar-refractivity contribution is 5.96. The highest BCUT2D eigenvalue weighted by Gasteiger charge is 2.25. The molecular formula is C15H28N4O2. The normalized spacial score (nSPS) is 22.1. The van der Waals surface area contributed by atoms with Crippen molar-refractivity contribution in [1.82, 2.24) is 15.1 Å². The Morgan fingerprint density at radius 3 is 2.29 bits per heavy atom. The average molecular weight is 296 g/mol. The third-order valence-electron chi connectivity index (χ3n) is 4.52. The van der Waals surface area contributed by atoms with Crippen LogP contribution in [0.25, 0.3) is 0 Å². The molecule has 1 aliphatic carbocycles. The smallest absolute Gasteiger partial charge is 0.240 e. The van der Waals surface area contributed by atoms with E-state index in [9.17, 15) is 9.59 Å². The summed E-state index contributed by atoms with van der Waals surface area (Å²) in [4.78, 5) is 27.8. The lowest BCUT2D eigenvalue weighted by atomic mass is 9.94. The molecule has 0 aromatic carbocycles. The Kier molecular flexibility index (Phi) is 6.60. The van der Waals surface area contributed by atoms with Crippen molar-refractivity contribution in [3.8, 4) is 0 Å². The maximum Gasteiger partial charge on any atom is 0.240 e. The molecule has 0 unspecified atom stereocenters. The molecule has 0 aromatic heterocycles. The molecule has 0 atom stereocenters. The van der Waals surface area contributed by atoms with Crippen molar-refractivity contribution in [2.24, 2.45) is 5.73 Å². The van der Waals surface area contributed by atoms with Crippen LogP contribution in [0.2, 0.25) is 0 Å². The number of hydrogen-bond donors (Lipinski definition) is 2. The molecule has 2 rings (SSSR count). The predicted molar refractivity (Wildman–Crippen MR) is 81.7 cm³/mol. The molecule has 3 N–H and O–H groups in total. The van der Waals surface area contributed by atoms with Crippen LogP contribution in [-0.2, 0) is 9.59 Å². The van der Waals surface area contributed by atoms with Gasteiger partial charge in [0.25, 0.3) is 0 Å². The van der Waals surface area contributed by atoms with Gasteiger partial charge in [-0.1, -0.05) is 19.3 Å². The van der Waals surface area contributed by atoms with E-state index in [0.717, 1.165) is 32.2 Å². The van der Waals surface area contributed by atoms with Crippen LogP contribution in [0.1, 0.15) is 38.5 Å². The number of carbonyl (C=O) groups is 2. The lowest BCUT2D eigenvalue weighted by molar-refractivity contribution is -0.131. The second kappa shape index (κ2) is 8.46. The Labute approximate surface area is 127 Å². The van der Waals surface area contributed by atoms with Crippen molar-refractivity contribution >= 4 is 11.8 Å². The van der Waals surface area contributed by atoms with Crippen LogP contribution < -0.4 is 11.1 Å². The minimum atomic E-state index is -0.275. The minimum absolute atomic E-state index is 0.209. The predicted octanol–water partition coefficient (Wildman–Crippen LogP) is -0.0717. The highest BCUT2D eigenvalue weighted by atomic mass is 16.2. The Morgan fingerprint density at radius 2 is 1.67 bits per heavy atom. The van der Waals surface area contributed by atoms with Gasteiger partial charge in [-0.3, -0.25) is 24.7 Å². The van der Waals surface area contributed by atoms with Crippen LogP contribution in [0, 0.1) is 0 Å². The Bertz CT molecular complexity index is 348. The van der Waals surface area contributed by atoms with Crippen molar-refractivity contribution in [3.63, 3.8) is 0 Å². The first-order valence-electron chi connectivity index (χ1n) is 8.18. The van der Waals surface area contributed by atoms with Gasteiger partial charge in [0.2, 0.25) is 11.8 Å². The first-order chi connectivity index (χ1) is 10.2. The first kappa shape index (κ1) is 16.4. The van der Waals surface area contributed by atoms with Crippen molar-refractivity contribution in [3.05, 3.63) is 0 Å². The second-order valence-electron chi connectivity index (χ2n) is 6.11. The van der Waals surface area contributed by atoms with E-state index in [1.165, 1.54) is 32.1 Å². The van der Waals surface area contributed by atoms with Crippen molar-refractivity contribution < 1.29 is 9.59 Å². The molecule has 1 aliphatic heterocycles. The Balaban J connectivity index is 1.66. The van der Waals surface area contributed by atoms with E-state index in [4.69, 9.17) is 5.73 Å². The van der Waals surface area contributed by atoms with Gasteiger partial charge < -0.3 is 5.73 Å². The van der Waals surface area contributed by atoms with E-state index in [-0.39, 0.29) is 24.8 Å². The number of carbonyl (C=O) groups excluding carboxylic acids is 2. The summed E-state index contributed by atoms with van der Waals surface area (Å²) < 4.78 is 0.